The van der Waals surface area contributed by atoms with Crippen molar-refractivity contribution < 1.29 is 4.79 Å². The monoisotopic (exact) mass is 209 g/mol. The highest BCUT2D eigenvalue weighted by Crippen LogP contribution is 2.36. The Bertz CT molecular complexity index is 231. The maximum Gasteiger partial charge on any atom is 0.135 e. The van der Waals surface area contributed by atoms with Gasteiger partial charge in [-0.2, -0.15) is 0 Å². The van der Waals surface area contributed by atoms with Gasteiger partial charge < -0.3 is 0 Å². The first-order valence-electron chi connectivity index (χ1n) is 6.37. The number of nitrogens with zero attached hydrogens (tertiary/aromatic N) is 1. The van der Waals surface area contributed by atoms with Crippen molar-refractivity contribution in [3.05, 3.63) is 0 Å². The molecule has 2 rings (SSSR count). The van der Waals surface area contributed by atoms with E-state index in [0.717, 1.165) is 31.8 Å². The topological polar surface area (TPSA) is 20.3 Å². The number of hydrogen-bond donors (Lipinski definition) is 0. The SMILES string of the molecule is C[C@H]1CC[C@](C)(N2CCC(=O)CC2)CC1. The minimum atomic E-state index is 0.396. The fourth-order valence-electron chi connectivity index (χ4n) is 3.00. The third kappa shape index (κ3) is 2.41. The highest BCUT2D eigenvalue weighted by molar-refractivity contribution is 5.79. The summed E-state index contributed by atoms with van der Waals surface area (Å²) in [5.74, 6) is 1.36. The van der Waals surface area contributed by atoms with E-state index in [2.05, 4.69) is 18.7 Å². The van der Waals surface area contributed by atoms with Crippen molar-refractivity contribution in [3.8, 4) is 0 Å². The second kappa shape index (κ2) is 4.25. The van der Waals surface area contributed by atoms with Crippen molar-refractivity contribution in [2.75, 3.05) is 13.1 Å². The smallest absolute Gasteiger partial charge is 0.135 e. The molecule has 1 aliphatic heterocycles. The second-order valence-corrected chi connectivity index (χ2v) is 5.71. The lowest BCUT2D eigenvalue weighted by Crippen LogP contribution is -2.51. The van der Waals surface area contributed by atoms with Gasteiger partial charge in [-0.15, -0.1) is 0 Å². The lowest BCUT2D eigenvalue weighted by Gasteiger charge is -2.46. The molecule has 2 heteroatoms. The molecule has 0 aromatic rings. The van der Waals surface area contributed by atoms with E-state index < -0.39 is 0 Å². The second-order valence-electron chi connectivity index (χ2n) is 5.71. The van der Waals surface area contributed by atoms with Gasteiger partial charge in [-0.25, -0.2) is 0 Å². The molecule has 1 saturated carbocycles. The fourth-order valence-corrected chi connectivity index (χ4v) is 3.00. The molecule has 2 fully saturated rings. The summed E-state index contributed by atoms with van der Waals surface area (Å²) in [5.41, 5.74) is 0.396. The lowest BCUT2D eigenvalue weighted by atomic mass is 9.76. The molecule has 1 aliphatic carbocycles. The molecule has 0 aromatic heterocycles. The quantitative estimate of drug-likeness (QED) is 0.661. The predicted molar refractivity (Wildman–Crippen MR) is 61.9 cm³/mol. The third-order valence-corrected chi connectivity index (χ3v) is 4.44. The lowest BCUT2D eigenvalue weighted by molar-refractivity contribution is -0.123. The van der Waals surface area contributed by atoms with Crippen LogP contribution in [0.1, 0.15) is 52.4 Å². The number of carbonyl (C=O) groups is 1. The Hall–Kier alpha value is -0.370. The van der Waals surface area contributed by atoms with Crippen molar-refractivity contribution in [3.63, 3.8) is 0 Å². The molecule has 0 atom stereocenters. The summed E-state index contributed by atoms with van der Waals surface area (Å²) in [5, 5.41) is 0. The van der Waals surface area contributed by atoms with Crippen molar-refractivity contribution in [1.82, 2.24) is 4.90 Å². The Morgan fingerprint density at radius 1 is 1.20 bits per heavy atom. The third-order valence-electron chi connectivity index (χ3n) is 4.44. The van der Waals surface area contributed by atoms with E-state index in [4.69, 9.17) is 0 Å². The number of likely N-dealkylation sites (tertiary alicyclic amines) is 1. The normalized spacial score (nSPS) is 39.3. The average molecular weight is 209 g/mol. The van der Waals surface area contributed by atoms with Gasteiger partial charge in [0.25, 0.3) is 0 Å². The van der Waals surface area contributed by atoms with Gasteiger partial charge in [-0.05, 0) is 38.5 Å². The van der Waals surface area contributed by atoms with Crippen LogP contribution in [0.2, 0.25) is 0 Å². The summed E-state index contributed by atoms with van der Waals surface area (Å²) in [6.07, 6.45) is 6.93. The van der Waals surface area contributed by atoms with Crippen molar-refractivity contribution in [2.24, 2.45) is 5.92 Å². The fraction of sp³-hybridized carbons (Fsp3) is 0.923. The van der Waals surface area contributed by atoms with Crippen LogP contribution in [0.3, 0.4) is 0 Å². The van der Waals surface area contributed by atoms with Gasteiger partial charge in [-0.1, -0.05) is 6.92 Å². The molecule has 2 nitrogen and oxygen atoms in total. The van der Waals surface area contributed by atoms with Crippen LogP contribution >= 0.6 is 0 Å². The molecule has 0 N–H and O–H groups in total. The largest absolute Gasteiger partial charge is 0.300 e. The molecular weight excluding hydrogens is 186 g/mol. The van der Waals surface area contributed by atoms with Gasteiger partial charge in [0.2, 0.25) is 0 Å². The summed E-state index contributed by atoms with van der Waals surface area (Å²) in [4.78, 5) is 13.8. The first kappa shape index (κ1) is 11.1. The van der Waals surface area contributed by atoms with Gasteiger partial charge in [0.1, 0.15) is 5.78 Å². The number of Topliss-reactive ketones (excluding diaryl/α,β-unsaturated/α-hetero) is 1. The number of piperidine rings is 1. The molecule has 15 heavy (non-hydrogen) atoms. The zero-order chi connectivity index (χ0) is 10.9. The van der Waals surface area contributed by atoms with E-state index in [1.54, 1.807) is 0 Å². The Morgan fingerprint density at radius 3 is 2.27 bits per heavy atom. The van der Waals surface area contributed by atoms with E-state index in [1.807, 2.05) is 0 Å². The van der Waals surface area contributed by atoms with Gasteiger partial charge in [0.05, 0.1) is 0 Å². The number of rotatable bonds is 1. The van der Waals surface area contributed by atoms with Crippen LogP contribution in [0.4, 0.5) is 0 Å². The maximum atomic E-state index is 11.2. The van der Waals surface area contributed by atoms with Crippen LogP contribution in [-0.4, -0.2) is 29.3 Å². The van der Waals surface area contributed by atoms with Crippen molar-refractivity contribution in [1.29, 1.82) is 0 Å². The van der Waals surface area contributed by atoms with Gasteiger partial charge in [0, 0.05) is 31.5 Å². The van der Waals surface area contributed by atoms with Crippen LogP contribution < -0.4 is 0 Å². The molecule has 0 spiro atoms. The zero-order valence-corrected chi connectivity index (χ0v) is 10.1. The van der Waals surface area contributed by atoms with Gasteiger partial charge >= 0.3 is 0 Å². The molecule has 86 valence electrons. The van der Waals surface area contributed by atoms with E-state index in [9.17, 15) is 4.79 Å². The van der Waals surface area contributed by atoms with E-state index in [-0.39, 0.29) is 0 Å². The standard InChI is InChI=1S/C13H23NO/c1-11-3-7-13(2,8-4-11)14-9-5-12(15)6-10-14/h11H,3-10H2,1-2H3/t11-,13-. The summed E-state index contributed by atoms with van der Waals surface area (Å²) in [7, 11) is 0. The van der Waals surface area contributed by atoms with Crippen LogP contribution in [0.5, 0.6) is 0 Å². The molecule has 0 radical (unpaired) electrons. The Labute approximate surface area is 93.0 Å². The number of ketones is 1. The van der Waals surface area contributed by atoms with Crippen molar-refractivity contribution >= 4 is 5.78 Å². The van der Waals surface area contributed by atoms with Crippen LogP contribution in [-0.2, 0) is 4.79 Å². The van der Waals surface area contributed by atoms with E-state index >= 15 is 0 Å². The first-order valence-corrected chi connectivity index (χ1v) is 6.37. The Balaban J connectivity index is 1.94. The number of hydrogen-bond acceptors (Lipinski definition) is 2. The zero-order valence-electron chi connectivity index (χ0n) is 10.1. The minimum Gasteiger partial charge on any atom is -0.300 e. The Kier molecular flexibility index (Phi) is 3.15. The summed E-state index contributed by atoms with van der Waals surface area (Å²) in [6.45, 7) is 6.77. The molecule has 0 unspecified atom stereocenters. The van der Waals surface area contributed by atoms with Gasteiger partial charge in [0.15, 0.2) is 0 Å². The van der Waals surface area contributed by atoms with Crippen LogP contribution in [0, 0.1) is 5.92 Å². The van der Waals surface area contributed by atoms with E-state index in [0.29, 0.717) is 11.3 Å². The molecular formula is C13H23NO. The predicted octanol–water partition coefficient (Wildman–Crippen LogP) is 2.62. The molecule has 0 amide bonds. The summed E-state index contributed by atoms with van der Waals surface area (Å²) in [6, 6.07) is 0. The highest BCUT2D eigenvalue weighted by Gasteiger charge is 2.36. The molecule has 2 aliphatic rings. The summed E-state index contributed by atoms with van der Waals surface area (Å²) < 4.78 is 0. The average Bonchev–Trinajstić information content (AvgIpc) is 2.24. The molecule has 1 heterocycles. The highest BCUT2D eigenvalue weighted by atomic mass is 16.1. The first-order chi connectivity index (χ1) is 7.10. The molecule has 0 bridgehead atoms. The molecule has 1 saturated heterocycles. The summed E-state index contributed by atoms with van der Waals surface area (Å²) >= 11 is 0. The van der Waals surface area contributed by atoms with Gasteiger partial charge in [-0.3, -0.25) is 9.69 Å². The van der Waals surface area contributed by atoms with Crippen LogP contribution in [0.25, 0.3) is 0 Å². The van der Waals surface area contributed by atoms with E-state index in [1.165, 1.54) is 25.7 Å². The van der Waals surface area contributed by atoms with Crippen LogP contribution in [0.15, 0.2) is 0 Å². The maximum absolute atomic E-state index is 11.2. The minimum absolute atomic E-state index is 0.396. The molecule has 0 aromatic carbocycles. The number of carbonyl (C=O) groups excluding carboxylic acids is 1. The Morgan fingerprint density at radius 2 is 1.73 bits per heavy atom. The van der Waals surface area contributed by atoms with Crippen molar-refractivity contribution in [2.45, 2.75) is 57.9 Å².